The maximum Gasteiger partial charge on any atom is 0.387 e. The van der Waals surface area contributed by atoms with Gasteiger partial charge >= 0.3 is 12.6 Å². The zero-order chi connectivity index (χ0) is 17.0. The van der Waals surface area contributed by atoms with Crippen molar-refractivity contribution < 1.29 is 23.0 Å². The second-order valence-electron chi connectivity index (χ2n) is 4.81. The topological polar surface area (TPSA) is 59.3 Å². The Morgan fingerprint density at radius 3 is 2.39 bits per heavy atom. The number of carbonyl (C=O) groups excluding carboxylic acids is 1. The molecule has 0 aliphatic rings. The predicted octanol–water partition coefficient (Wildman–Crippen LogP) is 4.00. The molecule has 0 radical (unpaired) electrons. The monoisotopic (exact) mass is 317 g/mol. The molecule has 0 bridgehead atoms. The number of aryl methyl sites for hydroxylation is 2. The lowest BCUT2D eigenvalue weighted by Gasteiger charge is -2.12. The summed E-state index contributed by atoms with van der Waals surface area (Å²) in [6, 6.07) is 10.7. The van der Waals surface area contributed by atoms with Crippen LogP contribution >= 0.6 is 0 Å². The van der Waals surface area contributed by atoms with Gasteiger partial charge in [-0.25, -0.2) is 4.79 Å². The van der Waals surface area contributed by atoms with Crippen molar-refractivity contribution in [2.24, 2.45) is 0 Å². The van der Waals surface area contributed by atoms with E-state index in [1.165, 1.54) is 12.1 Å². The Hall–Kier alpha value is -2.94. The molecule has 0 heterocycles. The van der Waals surface area contributed by atoms with Gasteiger partial charge in [0, 0.05) is 0 Å². The SMILES string of the molecule is Cc1cccc(C)c1OC(=O)c1cc(OC(F)F)ccc1C#N. The largest absolute Gasteiger partial charge is 0.435 e. The summed E-state index contributed by atoms with van der Waals surface area (Å²) in [7, 11) is 0. The highest BCUT2D eigenvalue weighted by atomic mass is 19.3. The Labute approximate surface area is 131 Å². The van der Waals surface area contributed by atoms with E-state index in [-0.39, 0.29) is 16.9 Å². The fraction of sp³-hybridized carbons (Fsp3) is 0.176. The quantitative estimate of drug-likeness (QED) is 0.632. The Morgan fingerprint density at radius 2 is 1.83 bits per heavy atom. The predicted molar refractivity (Wildman–Crippen MR) is 78.7 cm³/mol. The van der Waals surface area contributed by atoms with Gasteiger partial charge in [-0.05, 0) is 43.2 Å². The van der Waals surface area contributed by atoms with Crippen molar-refractivity contribution in [2.45, 2.75) is 20.5 Å². The van der Waals surface area contributed by atoms with Crippen LogP contribution in [0.3, 0.4) is 0 Å². The Kier molecular flexibility index (Phi) is 4.91. The zero-order valence-electron chi connectivity index (χ0n) is 12.5. The number of hydrogen-bond acceptors (Lipinski definition) is 4. The van der Waals surface area contributed by atoms with Crippen LogP contribution in [0, 0.1) is 25.2 Å². The van der Waals surface area contributed by atoms with Crippen LogP contribution in [0.5, 0.6) is 11.5 Å². The highest BCUT2D eigenvalue weighted by Crippen LogP contribution is 2.25. The van der Waals surface area contributed by atoms with E-state index in [9.17, 15) is 13.6 Å². The van der Waals surface area contributed by atoms with Crippen LogP contribution in [0.25, 0.3) is 0 Å². The van der Waals surface area contributed by atoms with Crippen molar-refractivity contribution in [1.29, 1.82) is 5.26 Å². The molecule has 0 fully saturated rings. The van der Waals surface area contributed by atoms with Gasteiger partial charge in [0.2, 0.25) is 0 Å². The molecule has 2 aromatic rings. The van der Waals surface area contributed by atoms with Crippen LogP contribution < -0.4 is 9.47 Å². The zero-order valence-corrected chi connectivity index (χ0v) is 12.5. The minimum Gasteiger partial charge on any atom is -0.435 e. The summed E-state index contributed by atoms with van der Waals surface area (Å²) in [5.41, 5.74) is 1.38. The summed E-state index contributed by atoms with van der Waals surface area (Å²) in [4.78, 5) is 12.3. The lowest BCUT2D eigenvalue weighted by atomic mass is 10.1. The number of hydrogen-bond donors (Lipinski definition) is 0. The van der Waals surface area contributed by atoms with Gasteiger partial charge in [0.05, 0.1) is 11.1 Å². The number of nitriles is 1. The molecule has 2 rings (SSSR count). The minimum atomic E-state index is -3.02. The molecule has 2 aromatic carbocycles. The van der Waals surface area contributed by atoms with Gasteiger partial charge in [-0.1, -0.05) is 18.2 Å². The van der Waals surface area contributed by atoms with E-state index in [0.29, 0.717) is 5.75 Å². The molecule has 0 aromatic heterocycles. The second-order valence-corrected chi connectivity index (χ2v) is 4.81. The third kappa shape index (κ3) is 3.83. The van der Waals surface area contributed by atoms with Crippen LogP contribution in [0.4, 0.5) is 8.78 Å². The Balaban J connectivity index is 2.36. The molecular formula is C17H13F2NO3. The second kappa shape index (κ2) is 6.88. The van der Waals surface area contributed by atoms with E-state index >= 15 is 0 Å². The van der Waals surface area contributed by atoms with Gasteiger partial charge in [0.1, 0.15) is 17.6 Å². The molecule has 0 unspecified atom stereocenters. The first kappa shape index (κ1) is 16.4. The van der Waals surface area contributed by atoms with Crippen molar-refractivity contribution in [3.8, 4) is 17.6 Å². The molecule has 0 aliphatic heterocycles. The normalized spacial score (nSPS) is 10.3. The van der Waals surface area contributed by atoms with Crippen LogP contribution in [0.15, 0.2) is 36.4 Å². The number of ether oxygens (including phenoxy) is 2. The van der Waals surface area contributed by atoms with Gasteiger partial charge in [-0.2, -0.15) is 14.0 Å². The lowest BCUT2D eigenvalue weighted by molar-refractivity contribution is -0.0499. The molecule has 0 N–H and O–H groups in total. The van der Waals surface area contributed by atoms with Crippen LogP contribution in [-0.4, -0.2) is 12.6 Å². The highest BCUT2D eigenvalue weighted by Gasteiger charge is 2.18. The molecule has 4 nitrogen and oxygen atoms in total. The van der Waals surface area contributed by atoms with E-state index < -0.39 is 12.6 Å². The number of alkyl halides is 2. The average molecular weight is 317 g/mol. The first-order chi connectivity index (χ1) is 10.9. The molecule has 0 saturated heterocycles. The summed E-state index contributed by atoms with van der Waals surface area (Å²) < 4.78 is 34.2. The molecule has 0 atom stereocenters. The fourth-order valence-electron chi connectivity index (χ4n) is 2.07. The van der Waals surface area contributed by atoms with E-state index in [1.54, 1.807) is 26.0 Å². The number of nitrogens with zero attached hydrogens (tertiary/aromatic N) is 1. The Bertz CT molecular complexity index is 762. The van der Waals surface area contributed by atoms with E-state index in [2.05, 4.69) is 4.74 Å². The van der Waals surface area contributed by atoms with Crippen molar-refractivity contribution in [1.82, 2.24) is 0 Å². The Morgan fingerprint density at radius 1 is 1.17 bits per heavy atom. The summed E-state index contributed by atoms with van der Waals surface area (Å²) >= 11 is 0. The number of carbonyl (C=O) groups is 1. The number of benzene rings is 2. The number of para-hydroxylation sites is 1. The van der Waals surface area contributed by atoms with Crippen molar-refractivity contribution in [3.05, 3.63) is 58.7 Å². The summed E-state index contributed by atoms with van der Waals surface area (Å²) in [6.45, 7) is 0.527. The van der Waals surface area contributed by atoms with Gasteiger partial charge in [-0.3, -0.25) is 0 Å². The molecular weight excluding hydrogens is 304 g/mol. The molecule has 0 aliphatic carbocycles. The highest BCUT2D eigenvalue weighted by molar-refractivity contribution is 5.94. The maximum absolute atomic E-state index is 12.3. The number of halogens is 2. The molecule has 0 spiro atoms. The summed E-state index contributed by atoms with van der Waals surface area (Å²) in [5.74, 6) is -0.646. The van der Waals surface area contributed by atoms with E-state index in [4.69, 9.17) is 10.00 Å². The molecule has 6 heteroatoms. The standard InChI is InChI=1S/C17H13F2NO3/c1-10-4-3-5-11(2)15(10)23-16(21)14-8-13(22-17(18)19)7-6-12(14)9-20/h3-8,17H,1-2H3. The average Bonchev–Trinajstić information content (AvgIpc) is 2.50. The lowest BCUT2D eigenvalue weighted by Crippen LogP contribution is -2.13. The third-order valence-electron chi connectivity index (χ3n) is 3.16. The smallest absolute Gasteiger partial charge is 0.387 e. The van der Waals surface area contributed by atoms with Gasteiger partial charge in [0.25, 0.3) is 0 Å². The van der Waals surface area contributed by atoms with Gasteiger partial charge < -0.3 is 9.47 Å². The van der Waals surface area contributed by atoms with Gasteiger partial charge in [-0.15, -0.1) is 0 Å². The fourth-order valence-corrected chi connectivity index (χ4v) is 2.07. The summed E-state index contributed by atoms with van der Waals surface area (Å²) in [5, 5.41) is 9.07. The number of esters is 1. The van der Waals surface area contributed by atoms with Crippen LogP contribution in [-0.2, 0) is 0 Å². The minimum absolute atomic E-state index is 0.0165. The van der Waals surface area contributed by atoms with Crippen LogP contribution in [0.1, 0.15) is 27.0 Å². The first-order valence-corrected chi connectivity index (χ1v) is 6.69. The van der Waals surface area contributed by atoms with Crippen LogP contribution in [0.2, 0.25) is 0 Å². The molecule has 118 valence electrons. The molecule has 0 amide bonds. The van der Waals surface area contributed by atoms with Gasteiger partial charge in [0.15, 0.2) is 0 Å². The van der Waals surface area contributed by atoms with Crippen molar-refractivity contribution in [3.63, 3.8) is 0 Å². The molecule has 23 heavy (non-hydrogen) atoms. The summed E-state index contributed by atoms with van der Waals surface area (Å²) in [6.07, 6.45) is 0. The van der Waals surface area contributed by atoms with Crippen molar-refractivity contribution >= 4 is 5.97 Å². The van der Waals surface area contributed by atoms with E-state index in [1.807, 2.05) is 12.1 Å². The van der Waals surface area contributed by atoms with E-state index in [0.717, 1.165) is 17.2 Å². The molecule has 0 saturated carbocycles. The number of rotatable bonds is 4. The van der Waals surface area contributed by atoms with Crippen molar-refractivity contribution in [2.75, 3.05) is 0 Å². The third-order valence-corrected chi connectivity index (χ3v) is 3.16. The maximum atomic E-state index is 12.3. The first-order valence-electron chi connectivity index (χ1n) is 6.69.